The zero-order valence-electron chi connectivity index (χ0n) is 14.8. The van der Waals surface area contributed by atoms with Crippen LogP contribution in [0.1, 0.15) is 18.9 Å². The Morgan fingerprint density at radius 3 is 2.59 bits per heavy atom. The highest BCUT2D eigenvalue weighted by molar-refractivity contribution is 7.91. The van der Waals surface area contributed by atoms with Gasteiger partial charge in [-0.25, -0.2) is 9.11 Å². The van der Waals surface area contributed by atoms with Crippen molar-refractivity contribution in [3.8, 4) is 0 Å². The Morgan fingerprint density at radius 2 is 1.85 bits per heavy atom. The number of rotatable bonds is 7. The molecule has 0 aliphatic rings. The van der Waals surface area contributed by atoms with Crippen LogP contribution < -0.4 is 9.03 Å². The molecule has 1 amide bonds. The van der Waals surface area contributed by atoms with Crippen LogP contribution in [0.4, 0.5) is 10.1 Å². The Labute approximate surface area is 157 Å². The van der Waals surface area contributed by atoms with E-state index in [1.54, 1.807) is 6.92 Å². The lowest BCUT2D eigenvalue weighted by Gasteiger charge is -2.23. The summed E-state index contributed by atoms with van der Waals surface area (Å²) in [6.07, 6.45) is 2.19. The third-order valence-electron chi connectivity index (χ3n) is 4.24. The van der Waals surface area contributed by atoms with Crippen molar-refractivity contribution in [2.75, 3.05) is 10.8 Å². The molecule has 6 nitrogen and oxygen atoms in total. The number of aromatic nitrogens is 1. The molecule has 0 atom stereocenters. The summed E-state index contributed by atoms with van der Waals surface area (Å²) < 4.78 is 41.9. The summed E-state index contributed by atoms with van der Waals surface area (Å²) in [7, 11) is -4.19. The van der Waals surface area contributed by atoms with Gasteiger partial charge in [-0.15, -0.1) is 0 Å². The summed E-state index contributed by atoms with van der Waals surface area (Å²) in [5.41, 5.74) is 1.79. The topological polar surface area (TPSA) is 82.3 Å². The van der Waals surface area contributed by atoms with Crippen LogP contribution in [0.3, 0.4) is 0 Å². The molecule has 0 saturated heterocycles. The molecule has 2 aromatic carbocycles. The van der Waals surface area contributed by atoms with E-state index in [9.17, 15) is 17.6 Å². The van der Waals surface area contributed by atoms with Crippen molar-refractivity contribution in [1.29, 1.82) is 0 Å². The number of carbonyl (C=O) groups excluding carboxylic acids is 1. The standard InChI is InChI=1S/C19H20FN3O3S/c1-2-23(18-10-6-4-8-16(18)20)27(25,26)22-19(24)12-11-14-13-21-17-9-5-3-7-15(14)17/h3-10,13,21H,2,11-12H2,1H3,(H,22,24). The summed E-state index contributed by atoms with van der Waals surface area (Å²) >= 11 is 0. The molecule has 0 radical (unpaired) electrons. The minimum atomic E-state index is -4.19. The predicted molar refractivity (Wildman–Crippen MR) is 103 cm³/mol. The summed E-state index contributed by atoms with van der Waals surface area (Å²) in [6, 6.07) is 13.2. The highest BCUT2D eigenvalue weighted by atomic mass is 32.2. The van der Waals surface area contributed by atoms with E-state index in [0.29, 0.717) is 6.42 Å². The molecule has 0 fully saturated rings. The van der Waals surface area contributed by atoms with Crippen LogP contribution in [-0.2, 0) is 21.4 Å². The van der Waals surface area contributed by atoms with Gasteiger partial charge in [-0.3, -0.25) is 9.10 Å². The van der Waals surface area contributed by atoms with Gasteiger partial charge in [0.1, 0.15) is 5.82 Å². The first-order valence-corrected chi connectivity index (χ1v) is 9.99. The second-order valence-corrected chi connectivity index (χ2v) is 7.60. The number of aryl methyl sites for hydroxylation is 1. The van der Waals surface area contributed by atoms with E-state index in [2.05, 4.69) is 4.98 Å². The number of benzene rings is 2. The van der Waals surface area contributed by atoms with Crippen LogP contribution in [0, 0.1) is 5.82 Å². The number of fused-ring (bicyclic) bond motifs is 1. The van der Waals surface area contributed by atoms with E-state index < -0.39 is 21.9 Å². The molecule has 27 heavy (non-hydrogen) atoms. The van der Waals surface area contributed by atoms with Crippen molar-refractivity contribution in [3.63, 3.8) is 0 Å². The van der Waals surface area contributed by atoms with Gasteiger partial charge >= 0.3 is 10.2 Å². The van der Waals surface area contributed by atoms with Gasteiger partial charge in [-0.2, -0.15) is 8.42 Å². The average molecular weight is 389 g/mol. The van der Waals surface area contributed by atoms with Crippen molar-refractivity contribution in [1.82, 2.24) is 9.71 Å². The number of hydrogen-bond acceptors (Lipinski definition) is 3. The third-order valence-corrected chi connectivity index (χ3v) is 5.76. The molecule has 8 heteroatoms. The molecule has 2 N–H and O–H groups in total. The van der Waals surface area contributed by atoms with E-state index >= 15 is 0 Å². The smallest absolute Gasteiger partial charge is 0.326 e. The van der Waals surface area contributed by atoms with Crippen molar-refractivity contribution in [3.05, 3.63) is 66.1 Å². The Balaban J connectivity index is 1.69. The van der Waals surface area contributed by atoms with Crippen LogP contribution in [0.5, 0.6) is 0 Å². The number of halogens is 1. The van der Waals surface area contributed by atoms with Crippen molar-refractivity contribution in [2.24, 2.45) is 0 Å². The first-order valence-electron chi connectivity index (χ1n) is 8.55. The zero-order chi connectivity index (χ0) is 19.4. The normalized spacial score (nSPS) is 11.5. The van der Waals surface area contributed by atoms with Crippen LogP contribution in [-0.4, -0.2) is 25.9 Å². The molecule has 1 aromatic heterocycles. The Hall–Kier alpha value is -2.87. The van der Waals surface area contributed by atoms with Gasteiger partial charge in [-0.1, -0.05) is 30.3 Å². The van der Waals surface area contributed by atoms with Crippen molar-refractivity contribution in [2.45, 2.75) is 19.8 Å². The van der Waals surface area contributed by atoms with Crippen LogP contribution in [0.25, 0.3) is 10.9 Å². The predicted octanol–water partition coefficient (Wildman–Crippen LogP) is 3.13. The third kappa shape index (κ3) is 4.11. The largest absolute Gasteiger partial charge is 0.361 e. The molecule has 0 aliphatic heterocycles. The van der Waals surface area contributed by atoms with Gasteiger partial charge < -0.3 is 4.98 Å². The maximum absolute atomic E-state index is 14.0. The lowest BCUT2D eigenvalue weighted by molar-refractivity contribution is -0.119. The summed E-state index contributed by atoms with van der Waals surface area (Å²) in [5.74, 6) is -1.31. The van der Waals surface area contributed by atoms with Gasteiger partial charge in [0.05, 0.1) is 5.69 Å². The number of nitrogens with zero attached hydrogens (tertiary/aromatic N) is 1. The number of anilines is 1. The van der Waals surface area contributed by atoms with E-state index in [1.807, 2.05) is 35.2 Å². The number of amides is 1. The fourth-order valence-corrected chi connectivity index (χ4v) is 4.21. The molecular formula is C19H20FN3O3S. The van der Waals surface area contributed by atoms with Crippen molar-refractivity contribution >= 4 is 32.7 Å². The quantitative estimate of drug-likeness (QED) is 0.651. The lowest BCUT2D eigenvalue weighted by Crippen LogP contribution is -2.44. The van der Waals surface area contributed by atoms with Crippen LogP contribution in [0.15, 0.2) is 54.7 Å². The van der Waals surface area contributed by atoms with E-state index in [4.69, 9.17) is 0 Å². The molecule has 0 spiro atoms. The Morgan fingerprint density at radius 1 is 1.15 bits per heavy atom. The zero-order valence-corrected chi connectivity index (χ0v) is 15.6. The first-order chi connectivity index (χ1) is 12.9. The summed E-state index contributed by atoms with van der Waals surface area (Å²) in [4.78, 5) is 15.3. The maximum atomic E-state index is 14.0. The number of H-pyrrole nitrogens is 1. The molecule has 0 aliphatic carbocycles. The molecule has 142 valence electrons. The Kier molecular flexibility index (Phi) is 5.46. The van der Waals surface area contributed by atoms with Gasteiger partial charge in [0, 0.05) is 30.1 Å². The monoisotopic (exact) mass is 389 g/mol. The summed E-state index contributed by atoms with van der Waals surface area (Å²) in [5, 5.41) is 0.995. The molecule has 1 heterocycles. The van der Waals surface area contributed by atoms with Gasteiger partial charge in [0.2, 0.25) is 5.91 Å². The number of para-hydroxylation sites is 2. The van der Waals surface area contributed by atoms with E-state index in [1.165, 1.54) is 24.3 Å². The number of carbonyl (C=O) groups is 1. The highest BCUT2D eigenvalue weighted by Crippen LogP contribution is 2.21. The first kappa shape index (κ1) is 18.9. The molecule has 0 bridgehead atoms. The SMILES string of the molecule is CCN(c1ccccc1F)S(=O)(=O)NC(=O)CCc1c[nH]c2ccccc12. The van der Waals surface area contributed by atoms with E-state index in [0.717, 1.165) is 20.8 Å². The Bertz CT molecular complexity index is 1060. The van der Waals surface area contributed by atoms with Gasteiger partial charge in [0.25, 0.3) is 0 Å². The highest BCUT2D eigenvalue weighted by Gasteiger charge is 2.25. The number of aromatic amines is 1. The second-order valence-electron chi connectivity index (χ2n) is 6.01. The minimum absolute atomic E-state index is 0.00406. The van der Waals surface area contributed by atoms with E-state index in [-0.39, 0.29) is 18.7 Å². The number of hydrogen-bond donors (Lipinski definition) is 2. The fourth-order valence-electron chi connectivity index (χ4n) is 2.96. The molecule has 0 unspecified atom stereocenters. The van der Waals surface area contributed by atoms with Gasteiger partial charge in [0.15, 0.2) is 0 Å². The lowest BCUT2D eigenvalue weighted by atomic mass is 10.1. The maximum Gasteiger partial charge on any atom is 0.326 e. The fraction of sp³-hybridized carbons (Fsp3) is 0.211. The molecular weight excluding hydrogens is 369 g/mol. The van der Waals surface area contributed by atoms with Crippen molar-refractivity contribution < 1.29 is 17.6 Å². The van der Waals surface area contributed by atoms with Crippen LogP contribution >= 0.6 is 0 Å². The molecule has 3 rings (SSSR count). The molecule has 3 aromatic rings. The average Bonchev–Trinajstić information content (AvgIpc) is 3.05. The van der Waals surface area contributed by atoms with Crippen LogP contribution in [0.2, 0.25) is 0 Å². The second kappa shape index (κ2) is 7.79. The number of nitrogens with one attached hydrogen (secondary N) is 2. The molecule has 0 saturated carbocycles. The van der Waals surface area contributed by atoms with Gasteiger partial charge in [-0.05, 0) is 37.1 Å². The summed E-state index contributed by atoms with van der Waals surface area (Å²) in [6.45, 7) is 1.56. The minimum Gasteiger partial charge on any atom is -0.361 e.